The Bertz CT molecular complexity index is 804. The number of rotatable bonds is 5. The highest BCUT2D eigenvalue weighted by Gasteiger charge is 2.28. The lowest BCUT2D eigenvalue weighted by Crippen LogP contribution is -2.38. The summed E-state index contributed by atoms with van der Waals surface area (Å²) in [6, 6.07) is 1.59. The molecule has 0 atom stereocenters. The van der Waals surface area contributed by atoms with Gasteiger partial charge < -0.3 is 4.57 Å². The maximum atomic E-state index is 12.5. The quantitative estimate of drug-likeness (QED) is 0.870. The molecule has 0 bridgehead atoms. The fourth-order valence-corrected chi connectivity index (χ4v) is 5.70. The van der Waals surface area contributed by atoms with Crippen LogP contribution in [-0.4, -0.2) is 39.0 Å². The van der Waals surface area contributed by atoms with Gasteiger partial charge in [-0.05, 0) is 38.7 Å². The zero-order valence-corrected chi connectivity index (χ0v) is 15.8. The normalized spacial score (nSPS) is 22.0. The van der Waals surface area contributed by atoms with E-state index in [-0.39, 0.29) is 11.1 Å². The highest BCUT2D eigenvalue weighted by Crippen LogP contribution is 2.33. The molecular formula is C15H23N5O2S2. The molecular weight excluding hydrogens is 346 g/mol. The van der Waals surface area contributed by atoms with Crippen LogP contribution in [0.15, 0.2) is 28.6 Å². The molecule has 0 spiro atoms. The van der Waals surface area contributed by atoms with Gasteiger partial charge in [-0.1, -0.05) is 11.8 Å². The van der Waals surface area contributed by atoms with E-state index >= 15 is 0 Å². The minimum absolute atomic E-state index is 0.0107. The van der Waals surface area contributed by atoms with E-state index < -0.39 is 10.0 Å². The zero-order chi connectivity index (χ0) is 17.3. The molecule has 0 radical (unpaired) electrons. The lowest BCUT2D eigenvalue weighted by atomic mass is 9.96. The molecule has 1 N–H and O–H groups in total. The molecule has 0 amide bonds. The van der Waals surface area contributed by atoms with Crippen molar-refractivity contribution in [2.24, 2.45) is 14.1 Å². The second-order valence-electron chi connectivity index (χ2n) is 6.28. The van der Waals surface area contributed by atoms with E-state index in [1.54, 1.807) is 38.0 Å². The van der Waals surface area contributed by atoms with Gasteiger partial charge in [0.15, 0.2) is 10.2 Å². The molecule has 9 heteroatoms. The average Bonchev–Trinajstić information content (AvgIpc) is 3.07. The van der Waals surface area contributed by atoms with Gasteiger partial charge in [0.1, 0.15) is 0 Å². The van der Waals surface area contributed by atoms with Gasteiger partial charge in [0, 0.05) is 37.8 Å². The van der Waals surface area contributed by atoms with Crippen LogP contribution in [0.1, 0.15) is 31.4 Å². The Morgan fingerprint density at radius 2 is 1.96 bits per heavy atom. The molecule has 1 fully saturated rings. The Balaban J connectivity index is 1.57. The summed E-state index contributed by atoms with van der Waals surface area (Å²) < 4.78 is 31.3. The van der Waals surface area contributed by atoms with Crippen molar-refractivity contribution in [1.82, 2.24) is 24.1 Å². The summed E-state index contributed by atoms with van der Waals surface area (Å²) in [6.45, 7) is 1.79. The van der Waals surface area contributed by atoms with Crippen molar-refractivity contribution in [3.05, 3.63) is 24.2 Å². The van der Waals surface area contributed by atoms with Crippen LogP contribution < -0.4 is 4.72 Å². The van der Waals surface area contributed by atoms with Crippen molar-refractivity contribution >= 4 is 21.8 Å². The fourth-order valence-electron chi connectivity index (χ4n) is 3.03. The van der Waals surface area contributed by atoms with Crippen LogP contribution in [0.5, 0.6) is 0 Å². The highest BCUT2D eigenvalue weighted by molar-refractivity contribution is 7.99. The summed E-state index contributed by atoms with van der Waals surface area (Å²) in [5.41, 5.74) is 0.702. The van der Waals surface area contributed by atoms with Crippen LogP contribution in [0.2, 0.25) is 0 Å². The van der Waals surface area contributed by atoms with Crippen molar-refractivity contribution in [3.8, 4) is 0 Å². The van der Waals surface area contributed by atoms with Crippen LogP contribution in [0.3, 0.4) is 0 Å². The maximum Gasteiger partial charge on any atom is 0.257 e. The first-order chi connectivity index (χ1) is 11.3. The fraction of sp³-hybridized carbons (Fsp3) is 0.600. The number of nitrogens with zero attached hydrogens (tertiary/aromatic N) is 4. The largest absolute Gasteiger partial charge is 0.329 e. The summed E-state index contributed by atoms with van der Waals surface area (Å²) in [5.74, 6) is 0. The van der Waals surface area contributed by atoms with E-state index in [0.29, 0.717) is 10.9 Å². The molecule has 3 rings (SSSR count). The molecule has 1 aliphatic carbocycles. The average molecular weight is 370 g/mol. The van der Waals surface area contributed by atoms with Crippen LogP contribution in [0, 0.1) is 6.92 Å². The third-order valence-corrected chi connectivity index (χ3v) is 7.26. The molecule has 0 unspecified atom stereocenters. The van der Waals surface area contributed by atoms with Gasteiger partial charge in [0.25, 0.3) is 10.0 Å². The molecule has 1 aliphatic rings. The predicted molar refractivity (Wildman–Crippen MR) is 93.4 cm³/mol. The molecule has 1 saturated carbocycles. The molecule has 24 heavy (non-hydrogen) atoms. The maximum absolute atomic E-state index is 12.5. The van der Waals surface area contributed by atoms with Crippen molar-refractivity contribution in [2.75, 3.05) is 0 Å². The first-order valence-electron chi connectivity index (χ1n) is 8.02. The number of hydrogen-bond acceptors (Lipinski definition) is 5. The second-order valence-corrected chi connectivity index (χ2v) is 9.21. The van der Waals surface area contributed by atoms with Gasteiger partial charge >= 0.3 is 0 Å². The molecule has 2 aromatic heterocycles. The number of aromatic nitrogens is 4. The van der Waals surface area contributed by atoms with E-state index in [9.17, 15) is 8.42 Å². The van der Waals surface area contributed by atoms with E-state index in [0.717, 1.165) is 30.8 Å². The van der Waals surface area contributed by atoms with E-state index in [4.69, 9.17) is 0 Å². The molecule has 0 saturated heterocycles. The third kappa shape index (κ3) is 3.84. The number of sulfonamides is 1. The summed E-state index contributed by atoms with van der Waals surface area (Å²) in [7, 11) is 0.129. The van der Waals surface area contributed by atoms with Crippen molar-refractivity contribution in [2.45, 2.75) is 54.1 Å². The van der Waals surface area contributed by atoms with Gasteiger partial charge in [-0.3, -0.25) is 4.68 Å². The summed E-state index contributed by atoms with van der Waals surface area (Å²) in [6.07, 6.45) is 7.40. The number of nitrogens with one attached hydrogen (secondary N) is 1. The predicted octanol–water partition coefficient (Wildman–Crippen LogP) is 1.84. The lowest BCUT2D eigenvalue weighted by Gasteiger charge is -2.28. The molecule has 7 nitrogen and oxygen atoms in total. The topological polar surface area (TPSA) is 81.8 Å². The smallest absolute Gasteiger partial charge is 0.257 e. The van der Waals surface area contributed by atoms with Crippen LogP contribution >= 0.6 is 11.8 Å². The van der Waals surface area contributed by atoms with Crippen molar-refractivity contribution in [3.63, 3.8) is 0 Å². The van der Waals surface area contributed by atoms with Crippen molar-refractivity contribution in [1.29, 1.82) is 0 Å². The lowest BCUT2D eigenvalue weighted by molar-refractivity contribution is 0.417. The van der Waals surface area contributed by atoms with E-state index in [1.165, 1.54) is 4.68 Å². The summed E-state index contributed by atoms with van der Waals surface area (Å²) in [4.78, 5) is 4.34. The van der Waals surface area contributed by atoms with Gasteiger partial charge in [-0.15, -0.1) is 0 Å². The van der Waals surface area contributed by atoms with Crippen molar-refractivity contribution < 1.29 is 8.42 Å². The molecule has 0 aliphatic heterocycles. The van der Waals surface area contributed by atoms with Gasteiger partial charge in [-0.2, -0.15) is 5.10 Å². The highest BCUT2D eigenvalue weighted by atomic mass is 32.2. The number of imidazole rings is 1. The Hall–Kier alpha value is -1.32. The number of aryl methyl sites for hydroxylation is 3. The van der Waals surface area contributed by atoms with E-state index in [2.05, 4.69) is 14.8 Å². The SMILES string of the molecule is Cc1cc(S(=O)(=O)NC2CCC(Sc3nccn3C)CC2)n(C)n1. The Morgan fingerprint density at radius 1 is 1.25 bits per heavy atom. The molecule has 132 valence electrons. The first kappa shape index (κ1) is 17.5. The monoisotopic (exact) mass is 369 g/mol. The van der Waals surface area contributed by atoms with E-state index in [1.807, 2.05) is 17.8 Å². The van der Waals surface area contributed by atoms with Gasteiger partial charge in [0.2, 0.25) is 0 Å². The minimum atomic E-state index is -3.52. The van der Waals surface area contributed by atoms with Crippen LogP contribution in [-0.2, 0) is 24.1 Å². The Morgan fingerprint density at radius 3 is 2.50 bits per heavy atom. The molecule has 0 aromatic carbocycles. The van der Waals surface area contributed by atoms with Gasteiger partial charge in [-0.25, -0.2) is 18.1 Å². The minimum Gasteiger partial charge on any atom is -0.329 e. The Kier molecular flexibility index (Phi) is 5.03. The molecule has 2 heterocycles. The second kappa shape index (κ2) is 6.89. The van der Waals surface area contributed by atoms with Crippen LogP contribution in [0.25, 0.3) is 0 Å². The third-order valence-electron chi connectivity index (χ3n) is 4.28. The number of hydrogen-bond donors (Lipinski definition) is 1. The first-order valence-corrected chi connectivity index (χ1v) is 10.4. The van der Waals surface area contributed by atoms with Gasteiger partial charge in [0.05, 0.1) is 5.69 Å². The summed E-state index contributed by atoms with van der Waals surface area (Å²) in [5, 5.41) is 5.85. The van der Waals surface area contributed by atoms with Crippen LogP contribution in [0.4, 0.5) is 0 Å². The standard InChI is InChI=1S/C15H23N5O2S2/c1-11-10-14(20(3)17-11)24(21,22)18-12-4-6-13(7-5-12)23-15-16-8-9-19(15)2/h8-10,12-13,18H,4-7H2,1-3H3. The summed E-state index contributed by atoms with van der Waals surface area (Å²) >= 11 is 1.78. The Labute approximate surface area is 146 Å². The zero-order valence-electron chi connectivity index (χ0n) is 14.1. The number of thioether (sulfide) groups is 1. The molecule has 2 aromatic rings.